The lowest BCUT2D eigenvalue weighted by atomic mass is 10.0. The largest absolute Gasteiger partial charge is 0.484 e. The normalized spacial score (nSPS) is 10.9. The van der Waals surface area contributed by atoms with E-state index in [0.29, 0.717) is 17.3 Å². The summed E-state index contributed by atoms with van der Waals surface area (Å²) in [6.45, 7) is 3.70. The first-order valence-corrected chi connectivity index (χ1v) is 14.0. The van der Waals surface area contributed by atoms with Crippen LogP contribution < -0.4 is 10.1 Å². The average molecular weight is 534 g/mol. The number of amides is 1. The van der Waals surface area contributed by atoms with Gasteiger partial charge < -0.3 is 14.6 Å². The molecule has 0 atom stereocenters. The molecule has 0 radical (unpaired) electrons. The van der Waals surface area contributed by atoms with Gasteiger partial charge in [-0.15, -0.1) is 0 Å². The molecule has 1 amide bonds. The van der Waals surface area contributed by atoms with Crippen molar-refractivity contribution >= 4 is 29.3 Å². The smallest absolute Gasteiger partial charge is 0.257 e. The Morgan fingerprint density at radius 2 is 1.62 bits per heavy atom. The molecule has 4 aromatic rings. The first kappa shape index (κ1) is 26.8. The van der Waals surface area contributed by atoms with Crippen molar-refractivity contribution in [2.75, 3.05) is 18.9 Å². The third-order valence-corrected chi connectivity index (χ3v) is 7.13. The molecule has 1 heterocycles. The van der Waals surface area contributed by atoms with Crippen molar-refractivity contribution in [2.24, 2.45) is 0 Å². The third kappa shape index (κ3) is 7.63. The Morgan fingerprint density at radius 1 is 0.946 bits per heavy atom. The van der Waals surface area contributed by atoms with Gasteiger partial charge >= 0.3 is 0 Å². The first-order valence-electron chi connectivity index (χ1n) is 12.6. The van der Waals surface area contributed by atoms with Crippen LogP contribution in [0.3, 0.4) is 0 Å². The van der Waals surface area contributed by atoms with Crippen molar-refractivity contribution in [3.8, 4) is 28.3 Å². The summed E-state index contributed by atoms with van der Waals surface area (Å²) in [5.41, 5.74) is 4.46. The zero-order chi connectivity index (χ0) is 25.9. The number of rotatable bonds is 13. The van der Waals surface area contributed by atoms with E-state index in [0.717, 1.165) is 53.7 Å². The van der Waals surface area contributed by atoms with E-state index in [4.69, 9.17) is 21.3 Å². The number of ether oxygens (including phenoxy) is 1. The molecule has 5 nitrogen and oxygen atoms in total. The summed E-state index contributed by atoms with van der Waals surface area (Å²) in [4.78, 5) is 17.3. The van der Waals surface area contributed by atoms with E-state index in [1.54, 1.807) is 36.0 Å². The van der Waals surface area contributed by atoms with Crippen LogP contribution in [0.1, 0.15) is 26.2 Å². The summed E-state index contributed by atoms with van der Waals surface area (Å²) in [6, 6.07) is 27.9. The van der Waals surface area contributed by atoms with Gasteiger partial charge in [-0.1, -0.05) is 97.4 Å². The maximum absolute atomic E-state index is 12.2. The number of carbonyl (C=O) groups is 1. The van der Waals surface area contributed by atoms with Crippen molar-refractivity contribution in [3.05, 3.63) is 90.0 Å². The van der Waals surface area contributed by atoms with E-state index < -0.39 is 0 Å². The van der Waals surface area contributed by atoms with Crippen molar-refractivity contribution in [1.29, 1.82) is 0 Å². The fraction of sp³-hybridized carbons (Fsp3) is 0.267. The molecule has 1 aromatic heterocycles. The van der Waals surface area contributed by atoms with Crippen LogP contribution in [-0.4, -0.2) is 34.4 Å². The van der Waals surface area contributed by atoms with E-state index >= 15 is 0 Å². The van der Waals surface area contributed by atoms with Gasteiger partial charge in [0.15, 0.2) is 11.8 Å². The molecule has 0 bridgehead atoms. The summed E-state index contributed by atoms with van der Waals surface area (Å²) >= 11 is 7.62. The number of carbonyl (C=O) groups excluding carboxylic acids is 1. The predicted octanol–water partition coefficient (Wildman–Crippen LogP) is 7.35. The molecule has 37 heavy (non-hydrogen) atoms. The minimum Gasteiger partial charge on any atom is -0.484 e. The van der Waals surface area contributed by atoms with Crippen molar-refractivity contribution in [2.45, 2.75) is 37.9 Å². The second-order valence-electron chi connectivity index (χ2n) is 8.62. The number of unbranched alkanes of at least 4 members (excludes halogenated alkanes) is 1. The second-order valence-corrected chi connectivity index (χ2v) is 10.1. The number of nitrogens with zero attached hydrogens (tertiary/aromatic N) is 2. The molecule has 0 unspecified atom stereocenters. The molecule has 0 saturated carbocycles. The quantitative estimate of drug-likeness (QED) is 0.144. The Morgan fingerprint density at radius 3 is 2.30 bits per heavy atom. The second kappa shape index (κ2) is 13.9. The van der Waals surface area contributed by atoms with Crippen molar-refractivity contribution in [1.82, 2.24) is 14.9 Å². The van der Waals surface area contributed by atoms with Crippen LogP contribution >= 0.6 is 23.4 Å². The van der Waals surface area contributed by atoms with Gasteiger partial charge in [0.25, 0.3) is 5.91 Å². The number of benzene rings is 3. The van der Waals surface area contributed by atoms with Crippen molar-refractivity contribution in [3.63, 3.8) is 0 Å². The Bertz CT molecular complexity index is 1260. The average Bonchev–Trinajstić information content (AvgIpc) is 3.30. The Labute approximate surface area is 228 Å². The highest BCUT2D eigenvalue weighted by atomic mass is 35.5. The predicted molar refractivity (Wildman–Crippen MR) is 153 cm³/mol. The summed E-state index contributed by atoms with van der Waals surface area (Å²) in [6.07, 6.45) is 3.03. The van der Waals surface area contributed by atoms with Crippen LogP contribution in [-0.2, 0) is 11.3 Å². The molecule has 1 N–H and O–H groups in total. The number of halogens is 1. The molecule has 0 spiro atoms. The van der Waals surface area contributed by atoms with E-state index in [1.165, 1.54) is 5.56 Å². The number of thioether (sulfide) groups is 1. The maximum atomic E-state index is 12.2. The van der Waals surface area contributed by atoms with Crippen LogP contribution in [0.25, 0.3) is 22.5 Å². The number of imidazole rings is 1. The number of hydrogen-bond donors (Lipinski definition) is 1. The van der Waals surface area contributed by atoms with E-state index in [2.05, 4.69) is 65.3 Å². The summed E-state index contributed by atoms with van der Waals surface area (Å²) in [5, 5.41) is 4.59. The minimum atomic E-state index is -0.137. The zero-order valence-electron chi connectivity index (χ0n) is 21.0. The molecule has 0 fully saturated rings. The molecule has 7 heteroatoms. The topological polar surface area (TPSA) is 56.2 Å². The minimum absolute atomic E-state index is 0.0168. The molecule has 0 saturated heterocycles. The van der Waals surface area contributed by atoms with Gasteiger partial charge in [-0.05, 0) is 37.1 Å². The van der Waals surface area contributed by atoms with Gasteiger partial charge in [0, 0.05) is 35.0 Å². The summed E-state index contributed by atoms with van der Waals surface area (Å²) < 4.78 is 7.88. The Balaban J connectivity index is 1.40. The van der Waals surface area contributed by atoms with Gasteiger partial charge in [0.05, 0.1) is 11.4 Å². The summed E-state index contributed by atoms with van der Waals surface area (Å²) in [5.74, 6) is 1.34. The molecule has 4 rings (SSSR count). The lowest BCUT2D eigenvalue weighted by Crippen LogP contribution is -2.29. The standard InChI is InChI=1S/C30H32ClN3O2S/c1-2-3-20-34-29(24-13-8-5-9-14-24)28(23-11-6-4-7-12-23)33-30(34)37-21-10-19-32-27(35)22-36-26-17-15-25(31)16-18-26/h4-9,11-18H,2-3,10,19-22H2,1H3,(H,32,35). The molecule has 0 aliphatic carbocycles. The van der Waals surface area contributed by atoms with Gasteiger partial charge in [0.2, 0.25) is 0 Å². The molecule has 192 valence electrons. The first-order chi connectivity index (χ1) is 18.2. The number of aromatic nitrogens is 2. The van der Waals surface area contributed by atoms with E-state index in [1.807, 2.05) is 12.1 Å². The third-order valence-electron chi connectivity index (χ3n) is 5.82. The fourth-order valence-corrected chi connectivity index (χ4v) is 5.04. The van der Waals surface area contributed by atoms with Gasteiger partial charge in [-0.3, -0.25) is 4.79 Å². The number of hydrogen-bond acceptors (Lipinski definition) is 4. The highest BCUT2D eigenvalue weighted by molar-refractivity contribution is 7.99. The van der Waals surface area contributed by atoms with Crippen molar-refractivity contribution < 1.29 is 9.53 Å². The molecular weight excluding hydrogens is 502 g/mol. The lowest BCUT2D eigenvalue weighted by Gasteiger charge is -2.13. The fourth-order valence-electron chi connectivity index (χ4n) is 3.95. The Hall–Kier alpha value is -3.22. The van der Waals surface area contributed by atoms with E-state index in [9.17, 15) is 4.79 Å². The number of nitrogens with one attached hydrogen (secondary N) is 1. The Kier molecular flexibility index (Phi) is 10.1. The maximum Gasteiger partial charge on any atom is 0.257 e. The SMILES string of the molecule is CCCCn1c(SCCCNC(=O)COc2ccc(Cl)cc2)nc(-c2ccccc2)c1-c1ccccc1. The molecule has 3 aromatic carbocycles. The van der Waals surface area contributed by atoms with Gasteiger partial charge in [-0.25, -0.2) is 4.98 Å². The van der Waals surface area contributed by atoms with Gasteiger partial charge in [-0.2, -0.15) is 0 Å². The summed E-state index contributed by atoms with van der Waals surface area (Å²) in [7, 11) is 0. The highest BCUT2D eigenvalue weighted by Crippen LogP contribution is 2.36. The van der Waals surface area contributed by atoms with Gasteiger partial charge in [0.1, 0.15) is 5.75 Å². The van der Waals surface area contributed by atoms with Crippen LogP contribution in [0.15, 0.2) is 90.1 Å². The molecule has 0 aliphatic rings. The zero-order valence-corrected chi connectivity index (χ0v) is 22.6. The van der Waals surface area contributed by atoms with Crippen LogP contribution in [0.2, 0.25) is 5.02 Å². The molecule has 0 aliphatic heterocycles. The van der Waals surface area contributed by atoms with E-state index in [-0.39, 0.29) is 12.5 Å². The lowest BCUT2D eigenvalue weighted by molar-refractivity contribution is -0.123. The monoisotopic (exact) mass is 533 g/mol. The van der Waals surface area contributed by atoms with Crippen LogP contribution in [0.5, 0.6) is 5.75 Å². The van der Waals surface area contributed by atoms with Crippen LogP contribution in [0.4, 0.5) is 0 Å². The highest BCUT2D eigenvalue weighted by Gasteiger charge is 2.20. The molecular formula is C30H32ClN3O2S. The van der Waals surface area contributed by atoms with Crippen LogP contribution in [0, 0.1) is 0 Å².